The average Bonchev–Trinajstić information content (AvgIpc) is 2.54. The highest BCUT2D eigenvalue weighted by molar-refractivity contribution is 5.93. The van der Waals surface area contributed by atoms with Gasteiger partial charge in [0.1, 0.15) is 0 Å². The van der Waals surface area contributed by atoms with Crippen LogP contribution >= 0.6 is 0 Å². The Morgan fingerprint density at radius 3 is 2.38 bits per heavy atom. The third-order valence-corrected chi connectivity index (χ3v) is 3.12. The molecule has 0 heterocycles. The molecule has 1 aromatic rings. The van der Waals surface area contributed by atoms with Gasteiger partial charge in [0.05, 0.1) is 13.2 Å². The number of anilines is 1. The number of esters is 1. The maximum atomic E-state index is 11.9. The Morgan fingerprint density at radius 1 is 1.08 bits per heavy atom. The van der Waals surface area contributed by atoms with Gasteiger partial charge in [0, 0.05) is 18.2 Å². The molecule has 0 aliphatic carbocycles. The molecule has 0 saturated carbocycles. The van der Waals surface area contributed by atoms with E-state index in [0.717, 1.165) is 6.42 Å². The summed E-state index contributed by atoms with van der Waals surface area (Å²) in [7, 11) is 0. The Labute approximate surface area is 143 Å². The van der Waals surface area contributed by atoms with Gasteiger partial charge in [-0.2, -0.15) is 0 Å². The topological polar surface area (TPSA) is 73.9 Å². The summed E-state index contributed by atoms with van der Waals surface area (Å²) in [5.41, 5.74) is 0.560. The van der Waals surface area contributed by atoms with Gasteiger partial charge < -0.3 is 19.5 Å². The van der Waals surface area contributed by atoms with Crippen molar-refractivity contribution >= 4 is 17.6 Å². The molecular weight excluding hydrogens is 310 g/mol. The summed E-state index contributed by atoms with van der Waals surface area (Å²) in [6, 6.07) is 5.14. The maximum Gasteiger partial charge on any atom is 0.306 e. The van der Waals surface area contributed by atoms with Crippen molar-refractivity contribution < 1.29 is 23.8 Å². The van der Waals surface area contributed by atoms with Crippen LogP contribution in [0.5, 0.6) is 11.5 Å². The van der Waals surface area contributed by atoms with Crippen molar-refractivity contribution in [2.45, 2.75) is 40.5 Å². The Kier molecular flexibility index (Phi) is 8.68. The molecule has 6 nitrogen and oxygen atoms in total. The molecule has 0 unspecified atom stereocenters. The lowest BCUT2D eigenvalue weighted by molar-refractivity contribution is -0.147. The molecule has 1 amide bonds. The largest absolute Gasteiger partial charge is 0.490 e. The fraction of sp³-hybridized carbons (Fsp3) is 0.556. The minimum absolute atomic E-state index is 0.298. The molecule has 6 heteroatoms. The quantitative estimate of drug-likeness (QED) is 0.662. The zero-order valence-corrected chi connectivity index (χ0v) is 14.9. The predicted molar refractivity (Wildman–Crippen MR) is 92.4 cm³/mol. The first-order valence-corrected chi connectivity index (χ1v) is 8.31. The molecule has 0 spiro atoms. The van der Waals surface area contributed by atoms with Crippen molar-refractivity contribution in [3.05, 3.63) is 18.2 Å². The number of carbonyl (C=O) groups excluding carboxylic acids is 2. The van der Waals surface area contributed by atoms with Gasteiger partial charge >= 0.3 is 5.97 Å². The molecule has 0 bridgehead atoms. The van der Waals surface area contributed by atoms with Crippen LogP contribution in [0.4, 0.5) is 5.69 Å². The molecule has 0 atom stereocenters. The predicted octanol–water partition coefficient (Wildman–Crippen LogP) is 3.40. The second kappa shape index (κ2) is 10.5. The van der Waals surface area contributed by atoms with E-state index in [9.17, 15) is 9.59 Å². The van der Waals surface area contributed by atoms with Gasteiger partial charge in [0.25, 0.3) is 5.91 Å². The van der Waals surface area contributed by atoms with Gasteiger partial charge in [0.15, 0.2) is 18.1 Å². The second-order valence-electron chi connectivity index (χ2n) is 5.67. The molecule has 1 N–H and O–H groups in total. The average molecular weight is 337 g/mol. The van der Waals surface area contributed by atoms with Gasteiger partial charge in [-0.1, -0.05) is 13.8 Å². The van der Waals surface area contributed by atoms with Gasteiger partial charge in [-0.25, -0.2) is 0 Å². The number of amides is 1. The van der Waals surface area contributed by atoms with Crippen molar-refractivity contribution in [1.29, 1.82) is 0 Å². The molecule has 0 radical (unpaired) electrons. The van der Waals surface area contributed by atoms with Crippen LogP contribution in [0.3, 0.4) is 0 Å². The van der Waals surface area contributed by atoms with Crippen LogP contribution < -0.4 is 14.8 Å². The minimum Gasteiger partial charge on any atom is -0.490 e. The first-order valence-electron chi connectivity index (χ1n) is 8.31. The first-order chi connectivity index (χ1) is 11.5. The maximum absolute atomic E-state index is 11.9. The van der Waals surface area contributed by atoms with E-state index in [1.54, 1.807) is 18.2 Å². The van der Waals surface area contributed by atoms with Gasteiger partial charge in [-0.15, -0.1) is 0 Å². The second-order valence-corrected chi connectivity index (χ2v) is 5.67. The summed E-state index contributed by atoms with van der Waals surface area (Å²) in [4.78, 5) is 23.4. The summed E-state index contributed by atoms with van der Waals surface area (Å²) in [5, 5.41) is 2.68. The Morgan fingerprint density at radius 2 is 1.75 bits per heavy atom. The lowest BCUT2D eigenvalue weighted by Crippen LogP contribution is -2.21. The number of rotatable bonds is 10. The molecule has 0 saturated heterocycles. The Balaban J connectivity index is 2.54. The summed E-state index contributed by atoms with van der Waals surface area (Å²) < 4.78 is 15.9. The fourth-order valence-electron chi connectivity index (χ4n) is 1.95. The molecule has 134 valence electrons. The van der Waals surface area contributed by atoms with E-state index in [0.29, 0.717) is 42.7 Å². The zero-order valence-electron chi connectivity index (χ0n) is 14.9. The SMILES string of the molecule is CCOc1ccc(NC(=O)COC(=O)CCC(C)C)cc1OCC. The lowest BCUT2D eigenvalue weighted by atomic mass is 10.1. The molecule has 1 rings (SSSR count). The van der Waals surface area contributed by atoms with Gasteiger partial charge in [-0.05, 0) is 38.3 Å². The summed E-state index contributed by atoms with van der Waals surface area (Å²) in [6.45, 7) is 8.54. The van der Waals surface area contributed by atoms with Gasteiger partial charge in [-0.3, -0.25) is 9.59 Å². The van der Waals surface area contributed by atoms with E-state index in [-0.39, 0.29) is 18.5 Å². The van der Waals surface area contributed by atoms with E-state index >= 15 is 0 Å². The molecule has 0 aromatic heterocycles. The van der Waals surface area contributed by atoms with E-state index in [4.69, 9.17) is 14.2 Å². The standard InChI is InChI=1S/C18H27NO5/c1-5-22-15-9-8-14(11-16(15)23-6-2)19-17(20)12-24-18(21)10-7-13(3)4/h8-9,11,13H,5-7,10,12H2,1-4H3,(H,19,20). The van der Waals surface area contributed by atoms with Crippen LogP contribution in [0.2, 0.25) is 0 Å². The number of nitrogens with one attached hydrogen (secondary N) is 1. The minimum atomic E-state index is -0.389. The van der Waals surface area contributed by atoms with Crippen molar-refractivity contribution in [3.63, 3.8) is 0 Å². The number of hydrogen-bond acceptors (Lipinski definition) is 5. The highest BCUT2D eigenvalue weighted by Gasteiger charge is 2.11. The molecular formula is C18H27NO5. The van der Waals surface area contributed by atoms with Crippen molar-refractivity contribution in [1.82, 2.24) is 0 Å². The van der Waals surface area contributed by atoms with Crippen molar-refractivity contribution in [3.8, 4) is 11.5 Å². The molecule has 0 fully saturated rings. The number of ether oxygens (including phenoxy) is 3. The fourth-order valence-corrected chi connectivity index (χ4v) is 1.95. The molecule has 1 aromatic carbocycles. The van der Waals surface area contributed by atoms with E-state index in [1.165, 1.54) is 0 Å². The third kappa shape index (κ3) is 7.35. The van der Waals surface area contributed by atoms with Crippen molar-refractivity contribution in [2.24, 2.45) is 5.92 Å². The van der Waals surface area contributed by atoms with E-state index < -0.39 is 0 Å². The van der Waals surface area contributed by atoms with E-state index in [2.05, 4.69) is 5.32 Å². The Bertz CT molecular complexity index is 542. The van der Waals surface area contributed by atoms with Crippen LogP contribution in [-0.4, -0.2) is 31.7 Å². The summed E-state index contributed by atoms with van der Waals surface area (Å²) >= 11 is 0. The van der Waals surface area contributed by atoms with Crippen LogP contribution in [0.1, 0.15) is 40.5 Å². The molecule has 0 aliphatic rings. The monoisotopic (exact) mass is 337 g/mol. The first kappa shape index (κ1) is 19.8. The van der Waals surface area contributed by atoms with E-state index in [1.807, 2.05) is 27.7 Å². The van der Waals surface area contributed by atoms with Crippen molar-refractivity contribution in [2.75, 3.05) is 25.1 Å². The highest BCUT2D eigenvalue weighted by Crippen LogP contribution is 2.30. The lowest BCUT2D eigenvalue weighted by Gasteiger charge is -2.13. The number of benzene rings is 1. The third-order valence-electron chi connectivity index (χ3n) is 3.12. The van der Waals surface area contributed by atoms with Gasteiger partial charge in [0.2, 0.25) is 0 Å². The van der Waals surface area contributed by atoms with Crippen LogP contribution in [0.25, 0.3) is 0 Å². The smallest absolute Gasteiger partial charge is 0.306 e. The van der Waals surface area contributed by atoms with Crippen LogP contribution in [0, 0.1) is 5.92 Å². The molecule has 0 aliphatic heterocycles. The zero-order chi connectivity index (χ0) is 17.9. The van der Waals surface area contributed by atoms with Crippen LogP contribution in [-0.2, 0) is 14.3 Å². The number of hydrogen-bond donors (Lipinski definition) is 1. The highest BCUT2D eigenvalue weighted by atomic mass is 16.5. The summed E-state index contributed by atoms with van der Waals surface area (Å²) in [6.07, 6.45) is 1.07. The molecule has 24 heavy (non-hydrogen) atoms. The Hall–Kier alpha value is -2.24. The normalized spacial score (nSPS) is 10.4. The number of carbonyl (C=O) groups is 2. The summed E-state index contributed by atoms with van der Waals surface area (Å²) in [5.74, 6) is 0.857. The van der Waals surface area contributed by atoms with Crippen LogP contribution in [0.15, 0.2) is 18.2 Å².